The number of carboxylic acids is 2. The lowest BCUT2D eigenvalue weighted by Crippen LogP contribution is -2.55. The van der Waals surface area contributed by atoms with Crippen molar-refractivity contribution in [3.63, 3.8) is 0 Å². The summed E-state index contributed by atoms with van der Waals surface area (Å²) in [7, 11) is 1.57. The Bertz CT molecular complexity index is 1240. The Hall–Kier alpha value is -3.68. The van der Waals surface area contributed by atoms with Crippen LogP contribution < -0.4 is 15.8 Å². The standard InChI is InChI=1S/C32H48FN5O7/c1-5-6-14-28(39)22-16-23(19-34-18-22)36(20-21(2)3)31(42)30-26(13-9-10-15-45-4)37(25-12-8-7-11-24(25)33)38(35-30)27(32(43)44)17-29(40)41/h7-8,11-12,17,21-23,28,34-35,39H,5-6,9-10,13-16,18-20H2,1-4H3,(H,40,41)(H,43,44)/b27-17+/t22-,23+,28?/m1/s1. The molecule has 2 heterocycles. The van der Waals surface area contributed by atoms with Gasteiger partial charge in [-0.15, -0.1) is 0 Å². The number of rotatable bonds is 17. The van der Waals surface area contributed by atoms with Crippen molar-refractivity contribution in [1.29, 1.82) is 0 Å². The van der Waals surface area contributed by atoms with Gasteiger partial charge in [0, 0.05) is 39.4 Å². The van der Waals surface area contributed by atoms with E-state index in [0.717, 1.165) is 18.0 Å². The number of aliphatic hydroxyl groups is 1. The van der Waals surface area contributed by atoms with Gasteiger partial charge in [0.1, 0.15) is 17.2 Å². The number of hydrazine groups is 2. The van der Waals surface area contributed by atoms with Crippen LogP contribution in [-0.2, 0) is 19.1 Å². The molecule has 1 unspecified atom stereocenters. The fourth-order valence-electron chi connectivity index (χ4n) is 5.83. The number of aliphatic carboxylic acids is 2. The van der Waals surface area contributed by atoms with Gasteiger partial charge in [0.05, 0.1) is 17.9 Å². The highest BCUT2D eigenvalue weighted by atomic mass is 19.1. The van der Waals surface area contributed by atoms with Gasteiger partial charge in [-0.25, -0.2) is 19.0 Å². The van der Waals surface area contributed by atoms with Crippen molar-refractivity contribution in [1.82, 2.24) is 20.8 Å². The number of nitrogens with one attached hydrogen (secondary N) is 2. The van der Waals surface area contributed by atoms with Crippen LogP contribution >= 0.6 is 0 Å². The molecule has 250 valence electrons. The van der Waals surface area contributed by atoms with Gasteiger partial charge in [-0.1, -0.05) is 45.7 Å². The highest BCUT2D eigenvalue weighted by molar-refractivity contribution is 5.97. The van der Waals surface area contributed by atoms with Gasteiger partial charge >= 0.3 is 11.9 Å². The predicted molar refractivity (Wildman–Crippen MR) is 167 cm³/mol. The molecular formula is C32H48FN5O7. The Balaban J connectivity index is 2.13. The zero-order chi connectivity index (χ0) is 33.1. The lowest BCUT2D eigenvalue weighted by atomic mass is 9.87. The molecule has 1 saturated heterocycles. The van der Waals surface area contributed by atoms with Crippen molar-refractivity contribution in [2.75, 3.05) is 38.4 Å². The summed E-state index contributed by atoms with van der Waals surface area (Å²) in [6.07, 6.45) is 4.47. The smallest absolute Gasteiger partial charge is 0.356 e. The Kier molecular flexibility index (Phi) is 13.6. The largest absolute Gasteiger partial charge is 0.478 e. The van der Waals surface area contributed by atoms with Gasteiger partial charge in [0.2, 0.25) is 0 Å². The lowest BCUT2D eigenvalue weighted by molar-refractivity contribution is -0.137. The number of carbonyl (C=O) groups excluding carboxylic acids is 1. The second-order valence-electron chi connectivity index (χ2n) is 12.0. The fourth-order valence-corrected chi connectivity index (χ4v) is 5.83. The molecule has 0 bridgehead atoms. The maximum Gasteiger partial charge on any atom is 0.356 e. The summed E-state index contributed by atoms with van der Waals surface area (Å²) in [6, 6.07) is 5.43. The van der Waals surface area contributed by atoms with E-state index in [1.165, 1.54) is 23.2 Å². The number of allylic oxidation sites excluding steroid dienone is 1. The van der Waals surface area contributed by atoms with Crippen molar-refractivity contribution in [3.05, 3.63) is 53.2 Å². The highest BCUT2D eigenvalue weighted by Gasteiger charge is 2.42. The van der Waals surface area contributed by atoms with E-state index >= 15 is 4.39 Å². The van der Waals surface area contributed by atoms with Gasteiger partial charge < -0.3 is 30.3 Å². The summed E-state index contributed by atoms with van der Waals surface area (Å²) in [5.41, 5.74) is 2.43. The van der Waals surface area contributed by atoms with E-state index in [0.29, 0.717) is 63.7 Å². The van der Waals surface area contributed by atoms with Crippen LogP contribution in [0.15, 0.2) is 47.4 Å². The van der Waals surface area contributed by atoms with E-state index in [4.69, 9.17) is 4.74 Å². The molecule has 0 spiro atoms. The molecule has 3 atom stereocenters. The minimum Gasteiger partial charge on any atom is -0.478 e. The number of carbonyl (C=O) groups is 3. The third kappa shape index (κ3) is 9.41. The van der Waals surface area contributed by atoms with Gasteiger partial charge in [-0.05, 0) is 56.1 Å². The number of para-hydroxylation sites is 1. The van der Waals surface area contributed by atoms with Gasteiger partial charge in [-0.2, -0.15) is 5.12 Å². The number of piperidine rings is 1. The molecule has 45 heavy (non-hydrogen) atoms. The molecule has 13 heteroatoms. The van der Waals surface area contributed by atoms with Crippen LogP contribution in [0.4, 0.5) is 10.1 Å². The van der Waals surface area contributed by atoms with Crippen molar-refractivity contribution in [3.8, 4) is 0 Å². The number of benzene rings is 1. The number of halogens is 1. The minimum atomic E-state index is -1.59. The third-order valence-corrected chi connectivity index (χ3v) is 8.00. The Labute approximate surface area is 264 Å². The van der Waals surface area contributed by atoms with E-state index in [1.807, 2.05) is 13.8 Å². The van der Waals surface area contributed by atoms with Crippen molar-refractivity contribution in [2.45, 2.75) is 77.9 Å². The first-order valence-corrected chi connectivity index (χ1v) is 15.7. The van der Waals surface area contributed by atoms with E-state index in [2.05, 4.69) is 17.7 Å². The molecule has 2 aliphatic rings. The van der Waals surface area contributed by atoms with Crippen LogP contribution in [0.25, 0.3) is 0 Å². The van der Waals surface area contributed by atoms with Crippen molar-refractivity contribution < 1.29 is 38.8 Å². The zero-order valence-corrected chi connectivity index (χ0v) is 26.7. The number of ether oxygens (including phenoxy) is 1. The molecule has 1 aromatic carbocycles. The molecule has 3 rings (SSSR count). The van der Waals surface area contributed by atoms with Crippen LogP contribution in [-0.4, -0.2) is 88.7 Å². The number of carboxylic acid groups (broad SMARTS) is 2. The molecule has 1 fully saturated rings. The van der Waals surface area contributed by atoms with Gasteiger partial charge in [0.15, 0.2) is 5.70 Å². The topological polar surface area (TPSA) is 155 Å². The van der Waals surface area contributed by atoms with Crippen LogP contribution in [0.3, 0.4) is 0 Å². The molecule has 0 radical (unpaired) electrons. The van der Waals surface area contributed by atoms with E-state index in [1.54, 1.807) is 18.1 Å². The minimum absolute atomic E-state index is 0.0301. The number of methoxy groups -OCH3 is 1. The molecular weight excluding hydrogens is 585 g/mol. The van der Waals surface area contributed by atoms with Crippen LogP contribution in [0, 0.1) is 17.7 Å². The molecule has 0 aromatic heterocycles. The number of hydrogen-bond acceptors (Lipinski definition) is 9. The summed E-state index contributed by atoms with van der Waals surface area (Å²) in [5, 5.41) is 36.0. The summed E-state index contributed by atoms with van der Waals surface area (Å²) in [5.74, 6) is -4.20. The van der Waals surface area contributed by atoms with Crippen molar-refractivity contribution in [2.24, 2.45) is 11.8 Å². The second-order valence-corrected chi connectivity index (χ2v) is 12.0. The maximum atomic E-state index is 15.4. The van der Waals surface area contributed by atoms with E-state index < -0.39 is 35.5 Å². The molecule has 0 aliphatic carbocycles. The van der Waals surface area contributed by atoms with Crippen LogP contribution in [0.5, 0.6) is 0 Å². The monoisotopic (exact) mass is 633 g/mol. The quantitative estimate of drug-likeness (QED) is 0.127. The molecule has 5 N–H and O–H groups in total. The number of amides is 1. The number of anilines is 1. The SMILES string of the molecule is CCCCC(O)[C@H]1CNC[C@@H](N(CC(C)C)C(=O)C2=C(CCCCOC)N(c3ccccc3F)N(/C(=C/C(=O)O)C(=O)O)N2)C1. The fraction of sp³-hybridized carbons (Fsp3) is 0.594. The number of unbranched alkanes of at least 4 members (excludes halogenated alkanes) is 2. The Morgan fingerprint density at radius 2 is 1.89 bits per heavy atom. The van der Waals surface area contributed by atoms with Gasteiger partial charge in [0.25, 0.3) is 5.91 Å². The first-order chi connectivity index (χ1) is 21.5. The first kappa shape index (κ1) is 35.8. The molecule has 0 saturated carbocycles. The zero-order valence-electron chi connectivity index (χ0n) is 26.7. The summed E-state index contributed by atoms with van der Waals surface area (Å²) in [6.45, 7) is 8.01. The second kappa shape index (κ2) is 17.1. The van der Waals surface area contributed by atoms with E-state index in [9.17, 15) is 29.7 Å². The van der Waals surface area contributed by atoms with Crippen molar-refractivity contribution >= 4 is 23.5 Å². The Morgan fingerprint density at radius 3 is 2.51 bits per heavy atom. The summed E-state index contributed by atoms with van der Waals surface area (Å²) < 4.78 is 20.6. The average molecular weight is 634 g/mol. The first-order valence-electron chi connectivity index (χ1n) is 15.7. The van der Waals surface area contributed by atoms with Crippen LogP contribution in [0.1, 0.15) is 65.7 Å². The summed E-state index contributed by atoms with van der Waals surface area (Å²) >= 11 is 0. The molecule has 12 nitrogen and oxygen atoms in total. The molecule has 1 aromatic rings. The summed E-state index contributed by atoms with van der Waals surface area (Å²) in [4.78, 5) is 40.4. The number of aliphatic hydroxyl groups excluding tert-OH is 1. The molecule has 1 amide bonds. The lowest BCUT2D eigenvalue weighted by Gasteiger charge is -2.40. The van der Waals surface area contributed by atoms with Gasteiger partial charge in [-0.3, -0.25) is 10.2 Å². The number of nitrogens with zero attached hydrogens (tertiary/aromatic N) is 3. The highest BCUT2D eigenvalue weighted by Crippen LogP contribution is 2.36. The Morgan fingerprint density at radius 1 is 1.16 bits per heavy atom. The normalized spacial score (nSPS) is 19.6. The van der Waals surface area contributed by atoms with E-state index in [-0.39, 0.29) is 35.7 Å². The molecule has 2 aliphatic heterocycles. The van der Waals surface area contributed by atoms with Crippen LogP contribution in [0.2, 0.25) is 0 Å². The number of hydrogen-bond donors (Lipinski definition) is 5. The third-order valence-electron chi connectivity index (χ3n) is 8.00. The maximum absolute atomic E-state index is 15.4. The predicted octanol–water partition coefficient (Wildman–Crippen LogP) is 3.46. The average Bonchev–Trinajstić information content (AvgIpc) is 3.37.